The molecule has 19 heavy (non-hydrogen) atoms. The molecule has 2 heteroatoms. The zero-order chi connectivity index (χ0) is 14.6. The predicted octanol–water partition coefficient (Wildman–Crippen LogP) is 3.94. The fourth-order valence-electron chi connectivity index (χ4n) is 2.55. The van der Waals surface area contributed by atoms with Gasteiger partial charge in [0.05, 0.1) is 0 Å². The molecular weight excluding hydrogens is 234 g/mol. The topological polar surface area (TPSA) is 23.5 Å². The summed E-state index contributed by atoms with van der Waals surface area (Å²) in [6.07, 6.45) is 5.12. The van der Waals surface area contributed by atoms with Crippen molar-refractivity contribution < 1.29 is 5.11 Å². The maximum Gasteiger partial charge on any atom is 0.150 e. The monoisotopic (exact) mass is 259 g/mol. The van der Waals surface area contributed by atoms with Crippen molar-refractivity contribution in [3.8, 4) is 0 Å². The molecule has 0 radical (unpaired) electrons. The number of hydrogen-bond donors (Lipinski definition) is 1. The van der Waals surface area contributed by atoms with E-state index in [4.69, 9.17) is 0 Å². The lowest BCUT2D eigenvalue weighted by Gasteiger charge is -2.39. The molecule has 0 fully saturated rings. The molecule has 0 spiro atoms. The van der Waals surface area contributed by atoms with Crippen LogP contribution in [0.5, 0.6) is 0 Å². The lowest BCUT2D eigenvalue weighted by atomic mass is 9.85. The van der Waals surface area contributed by atoms with Crippen molar-refractivity contribution in [2.75, 3.05) is 6.54 Å². The molecule has 0 aliphatic carbocycles. The zero-order valence-electron chi connectivity index (χ0n) is 12.4. The number of hydrogen-bond acceptors (Lipinski definition) is 2. The molecule has 1 aliphatic heterocycles. The molecule has 0 bridgehead atoms. The average molecular weight is 259 g/mol. The summed E-state index contributed by atoms with van der Waals surface area (Å²) in [5.41, 5.74) is 4.54. The molecule has 2 nitrogen and oxygen atoms in total. The predicted molar refractivity (Wildman–Crippen MR) is 82.6 cm³/mol. The highest BCUT2D eigenvalue weighted by atomic mass is 16.3. The Bertz CT molecular complexity index is 454. The van der Waals surface area contributed by atoms with E-state index in [1.54, 1.807) is 0 Å². The minimum absolute atomic E-state index is 0.611. The molecular formula is C17H25NO. The Hall–Kier alpha value is -1.54. The molecule has 1 aliphatic rings. The van der Waals surface area contributed by atoms with Gasteiger partial charge in [-0.3, -0.25) is 0 Å². The normalized spacial score (nSPS) is 20.6. The summed E-state index contributed by atoms with van der Waals surface area (Å²) in [5.74, 6) is 0. The van der Waals surface area contributed by atoms with Crippen molar-refractivity contribution in [2.45, 2.75) is 39.8 Å². The second kappa shape index (κ2) is 6.58. The van der Waals surface area contributed by atoms with Crippen molar-refractivity contribution in [1.29, 1.82) is 0 Å². The third kappa shape index (κ3) is 2.90. The number of allylic oxidation sites excluding steroid dienone is 4. The Balaban J connectivity index is 3.37. The van der Waals surface area contributed by atoms with Gasteiger partial charge in [-0.25, -0.2) is 0 Å². The fraction of sp³-hybridized carbons (Fsp3) is 0.412. The van der Waals surface area contributed by atoms with Crippen molar-refractivity contribution in [1.82, 2.24) is 4.90 Å². The summed E-state index contributed by atoms with van der Waals surface area (Å²) >= 11 is 0. The lowest BCUT2D eigenvalue weighted by Crippen LogP contribution is -2.40. The van der Waals surface area contributed by atoms with Crippen LogP contribution in [-0.4, -0.2) is 22.8 Å². The van der Waals surface area contributed by atoms with Gasteiger partial charge < -0.3 is 10.0 Å². The molecule has 1 N–H and O–H groups in total. The van der Waals surface area contributed by atoms with E-state index < -0.39 is 6.23 Å². The molecule has 0 unspecified atom stereocenters. The molecule has 0 aromatic heterocycles. The second-order valence-corrected chi connectivity index (χ2v) is 4.76. The first-order valence-electron chi connectivity index (χ1n) is 6.87. The van der Waals surface area contributed by atoms with Crippen LogP contribution in [0.4, 0.5) is 0 Å². The highest BCUT2D eigenvalue weighted by Crippen LogP contribution is 2.38. The van der Waals surface area contributed by atoms with Gasteiger partial charge in [0.25, 0.3) is 0 Å². The van der Waals surface area contributed by atoms with Crippen molar-refractivity contribution in [3.05, 3.63) is 59.9 Å². The van der Waals surface area contributed by atoms with E-state index in [9.17, 15) is 5.11 Å². The largest absolute Gasteiger partial charge is 0.370 e. The van der Waals surface area contributed by atoms with Crippen LogP contribution in [0.25, 0.3) is 0 Å². The van der Waals surface area contributed by atoms with Crippen molar-refractivity contribution >= 4 is 0 Å². The van der Waals surface area contributed by atoms with Crippen LogP contribution in [-0.2, 0) is 0 Å². The first-order valence-corrected chi connectivity index (χ1v) is 6.87. The van der Waals surface area contributed by atoms with Crippen LogP contribution in [0.3, 0.4) is 0 Å². The van der Waals surface area contributed by atoms with Crippen LogP contribution in [0.1, 0.15) is 33.6 Å². The number of nitrogens with zero attached hydrogens (tertiary/aromatic N) is 1. The van der Waals surface area contributed by atoms with Crippen molar-refractivity contribution in [3.63, 3.8) is 0 Å². The van der Waals surface area contributed by atoms with Crippen LogP contribution in [0, 0.1) is 0 Å². The number of aliphatic hydroxyl groups is 1. The smallest absolute Gasteiger partial charge is 0.150 e. The molecule has 1 atom stereocenters. The third-order valence-electron chi connectivity index (χ3n) is 3.47. The van der Waals surface area contributed by atoms with E-state index in [0.29, 0.717) is 0 Å². The molecule has 1 heterocycles. The van der Waals surface area contributed by atoms with E-state index in [-0.39, 0.29) is 0 Å². The fourth-order valence-corrected chi connectivity index (χ4v) is 2.55. The summed E-state index contributed by atoms with van der Waals surface area (Å²) in [5, 5.41) is 10.5. The van der Waals surface area contributed by atoms with E-state index in [2.05, 4.69) is 26.7 Å². The average Bonchev–Trinajstić information content (AvgIpc) is 2.37. The maximum atomic E-state index is 10.5. The number of likely N-dealkylation sites (N-methyl/N-ethyl adjacent to an activating group) is 1. The lowest BCUT2D eigenvalue weighted by molar-refractivity contribution is 0.0577. The first kappa shape index (κ1) is 15.5. The third-order valence-corrected chi connectivity index (χ3v) is 3.47. The Kier molecular flexibility index (Phi) is 5.37. The van der Waals surface area contributed by atoms with Gasteiger partial charge in [-0.05, 0) is 42.6 Å². The first-order chi connectivity index (χ1) is 8.99. The van der Waals surface area contributed by atoms with Crippen LogP contribution in [0.2, 0.25) is 0 Å². The Morgan fingerprint density at radius 2 is 2.00 bits per heavy atom. The van der Waals surface area contributed by atoms with Crippen molar-refractivity contribution in [2.24, 2.45) is 0 Å². The molecule has 0 aromatic carbocycles. The zero-order valence-corrected chi connectivity index (χ0v) is 12.4. The molecule has 0 amide bonds. The van der Waals surface area contributed by atoms with Gasteiger partial charge in [0.15, 0.2) is 0 Å². The van der Waals surface area contributed by atoms with Gasteiger partial charge in [0.2, 0.25) is 0 Å². The summed E-state index contributed by atoms with van der Waals surface area (Å²) in [7, 11) is 0. The molecule has 0 saturated heterocycles. The summed E-state index contributed by atoms with van der Waals surface area (Å²) in [6, 6.07) is 0. The highest BCUT2D eigenvalue weighted by molar-refractivity contribution is 5.61. The molecule has 0 aromatic rings. The van der Waals surface area contributed by atoms with Gasteiger partial charge in [0.1, 0.15) is 6.23 Å². The van der Waals surface area contributed by atoms with Gasteiger partial charge in [0, 0.05) is 12.2 Å². The minimum Gasteiger partial charge on any atom is -0.370 e. The summed E-state index contributed by atoms with van der Waals surface area (Å²) in [6.45, 7) is 19.1. The Labute approximate surface area is 117 Å². The van der Waals surface area contributed by atoms with E-state index in [1.165, 1.54) is 0 Å². The maximum absolute atomic E-state index is 10.5. The highest BCUT2D eigenvalue weighted by Gasteiger charge is 2.31. The Morgan fingerprint density at radius 3 is 2.47 bits per heavy atom. The van der Waals surface area contributed by atoms with E-state index >= 15 is 0 Å². The summed E-state index contributed by atoms with van der Waals surface area (Å²) in [4.78, 5) is 1.89. The minimum atomic E-state index is -0.611. The Morgan fingerprint density at radius 1 is 1.37 bits per heavy atom. The number of aliphatic hydroxyl groups excluding tert-OH is 1. The second-order valence-electron chi connectivity index (χ2n) is 4.76. The quantitative estimate of drug-likeness (QED) is 0.756. The standard InChI is InChI=1S/C17H25NO/c1-7-10-12(4)16-13(5)14(6)18(9-3)17(19)15(16)11-8-2/h7,10,17,19H,4-6,8-9,11H2,1-3H3/b10-7-/t17-/m0/s1. The van der Waals surface area contributed by atoms with Gasteiger partial charge >= 0.3 is 0 Å². The molecule has 0 saturated carbocycles. The number of rotatable bonds is 5. The van der Waals surface area contributed by atoms with Gasteiger partial charge in [-0.1, -0.05) is 45.2 Å². The summed E-state index contributed by atoms with van der Waals surface area (Å²) < 4.78 is 0. The van der Waals surface area contributed by atoms with Gasteiger partial charge in [-0.15, -0.1) is 0 Å². The van der Waals surface area contributed by atoms with Crippen LogP contribution >= 0.6 is 0 Å². The van der Waals surface area contributed by atoms with E-state index in [0.717, 1.165) is 47.4 Å². The van der Waals surface area contributed by atoms with Crippen LogP contribution in [0.15, 0.2) is 59.9 Å². The molecule has 104 valence electrons. The SMILES string of the molecule is C=C(/C=C\C)C1=C(CCC)[C@H](O)N(CC)C(=C)C1=C. The van der Waals surface area contributed by atoms with Gasteiger partial charge in [-0.2, -0.15) is 0 Å². The molecule has 1 rings (SSSR count). The van der Waals surface area contributed by atoms with Crippen LogP contribution < -0.4 is 0 Å². The van der Waals surface area contributed by atoms with E-state index in [1.807, 2.05) is 30.9 Å².